The van der Waals surface area contributed by atoms with Crippen molar-refractivity contribution >= 4 is 11.8 Å². The highest BCUT2D eigenvalue weighted by atomic mass is 32.2. The first-order chi connectivity index (χ1) is 6.83. The number of ether oxygens (including phenoxy) is 1. The zero-order chi connectivity index (χ0) is 10.2. The lowest BCUT2D eigenvalue weighted by Gasteiger charge is -2.21. The maximum absolute atomic E-state index is 5.65. The Bertz CT molecular complexity index is 152. The van der Waals surface area contributed by atoms with Gasteiger partial charge >= 0.3 is 0 Å². The zero-order valence-electron chi connectivity index (χ0n) is 9.21. The van der Waals surface area contributed by atoms with E-state index in [1.165, 1.54) is 37.9 Å². The average molecular weight is 214 g/mol. The molecule has 0 bridgehead atoms. The minimum atomic E-state index is 0.489. The van der Waals surface area contributed by atoms with E-state index in [1.54, 1.807) is 0 Å². The summed E-state index contributed by atoms with van der Waals surface area (Å²) in [5.74, 6) is 1.91. The Morgan fingerprint density at radius 2 is 2.43 bits per heavy atom. The minimum Gasteiger partial charge on any atom is -0.368 e. The number of hydrogen-bond acceptors (Lipinski definition) is 2. The van der Waals surface area contributed by atoms with E-state index in [0.29, 0.717) is 11.4 Å². The Balaban J connectivity index is 1.94. The van der Waals surface area contributed by atoms with Gasteiger partial charge in [0.1, 0.15) is 5.44 Å². The maximum Gasteiger partial charge on any atom is 0.103 e. The van der Waals surface area contributed by atoms with Crippen molar-refractivity contribution in [1.29, 1.82) is 0 Å². The van der Waals surface area contributed by atoms with Crippen LogP contribution in [0.15, 0.2) is 12.7 Å². The van der Waals surface area contributed by atoms with Crippen molar-refractivity contribution in [3.63, 3.8) is 0 Å². The summed E-state index contributed by atoms with van der Waals surface area (Å²) >= 11 is 1.99. The molecule has 2 unspecified atom stereocenters. The van der Waals surface area contributed by atoms with Crippen LogP contribution >= 0.6 is 11.8 Å². The van der Waals surface area contributed by atoms with Crippen molar-refractivity contribution < 1.29 is 4.74 Å². The molecular formula is C12H22OS. The largest absolute Gasteiger partial charge is 0.368 e. The van der Waals surface area contributed by atoms with Crippen LogP contribution in [0.4, 0.5) is 0 Å². The van der Waals surface area contributed by atoms with Gasteiger partial charge in [0.2, 0.25) is 0 Å². The summed E-state index contributed by atoms with van der Waals surface area (Å²) in [6.07, 6.45) is 8.45. The molecule has 0 aliphatic carbocycles. The Kier molecular flexibility index (Phi) is 6.37. The molecule has 1 saturated heterocycles. The van der Waals surface area contributed by atoms with Crippen LogP contribution < -0.4 is 0 Å². The van der Waals surface area contributed by atoms with Gasteiger partial charge in [-0.15, -0.1) is 18.3 Å². The smallest absolute Gasteiger partial charge is 0.103 e. The van der Waals surface area contributed by atoms with Gasteiger partial charge < -0.3 is 4.74 Å². The van der Waals surface area contributed by atoms with Gasteiger partial charge in [0, 0.05) is 6.61 Å². The average Bonchev–Trinajstić information content (AvgIpc) is 2.25. The normalized spacial score (nSPS) is 24.5. The van der Waals surface area contributed by atoms with Crippen LogP contribution in [0.5, 0.6) is 0 Å². The second-order valence-corrected chi connectivity index (χ2v) is 5.29. The van der Waals surface area contributed by atoms with Crippen molar-refractivity contribution in [2.75, 3.05) is 12.4 Å². The molecule has 0 saturated carbocycles. The summed E-state index contributed by atoms with van der Waals surface area (Å²) in [7, 11) is 0. The molecule has 1 aliphatic rings. The number of hydrogen-bond donors (Lipinski definition) is 0. The van der Waals surface area contributed by atoms with Crippen LogP contribution in [0.2, 0.25) is 0 Å². The van der Waals surface area contributed by atoms with E-state index in [2.05, 4.69) is 13.5 Å². The molecule has 0 aromatic carbocycles. The van der Waals surface area contributed by atoms with Gasteiger partial charge in [-0.1, -0.05) is 13.0 Å². The summed E-state index contributed by atoms with van der Waals surface area (Å²) in [4.78, 5) is 0. The zero-order valence-corrected chi connectivity index (χ0v) is 10.0. The molecule has 1 heterocycles. The predicted octanol–water partition coefficient (Wildman–Crippen LogP) is 3.85. The van der Waals surface area contributed by atoms with Crippen LogP contribution in [0, 0.1) is 5.92 Å². The molecule has 82 valence electrons. The van der Waals surface area contributed by atoms with E-state index in [1.807, 2.05) is 17.8 Å². The van der Waals surface area contributed by atoms with Crippen molar-refractivity contribution in [3.8, 4) is 0 Å². The summed E-state index contributed by atoms with van der Waals surface area (Å²) in [5, 5.41) is 0. The van der Waals surface area contributed by atoms with Crippen LogP contribution in [0.3, 0.4) is 0 Å². The van der Waals surface area contributed by atoms with Crippen molar-refractivity contribution in [3.05, 3.63) is 12.7 Å². The minimum absolute atomic E-state index is 0.489. The molecule has 0 aromatic rings. The second-order valence-electron chi connectivity index (χ2n) is 4.02. The maximum atomic E-state index is 5.65. The second kappa shape index (κ2) is 7.36. The van der Waals surface area contributed by atoms with Gasteiger partial charge in [0.05, 0.1) is 0 Å². The number of allylic oxidation sites excluding steroid dienone is 1. The Labute approximate surface area is 92.3 Å². The van der Waals surface area contributed by atoms with Gasteiger partial charge in [-0.05, 0) is 43.8 Å². The van der Waals surface area contributed by atoms with Crippen molar-refractivity contribution in [2.45, 2.75) is 44.5 Å². The van der Waals surface area contributed by atoms with E-state index in [9.17, 15) is 0 Å². The number of rotatable bonds is 6. The molecular weight excluding hydrogens is 192 g/mol. The molecule has 1 aliphatic heterocycles. The van der Waals surface area contributed by atoms with E-state index in [0.717, 1.165) is 6.61 Å². The lowest BCUT2D eigenvalue weighted by Crippen LogP contribution is -2.15. The van der Waals surface area contributed by atoms with Crippen molar-refractivity contribution in [2.24, 2.45) is 5.92 Å². The third-order valence-electron chi connectivity index (χ3n) is 2.65. The molecule has 2 atom stereocenters. The fourth-order valence-corrected chi connectivity index (χ4v) is 2.70. The van der Waals surface area contributed by atoms with Gasteiger partial charge in [0.25, 0.3) is 0 Å². The van der Waals surface area contributed by atoms with Gasteiger partial charge in [-0.3, -0.25) is 0 Å². The first-order valence-corrected chi connectivity index (χ1v) is 6.73. The molecule has 1 nitrogen and oxygen atoms in total. The highest BCUT2D eigenvalue weighted by Crippen LogP contribution is 2.24. The van der Waals surface area contributed by atoms with Crippen LogP contribution in [-0.4, -0.2) is 17.8 Å². The Morgan fingerprint density at radius 3 is 3.07 bits per heavy atom. The Hall–Kier alpha value is 0.0500. The third kappa shape index (κ3) is 5.06. The fraction of sp³-hybridized carbons (Fsp3) is 0.833. The molecule has 0 spiro atoms. The van der Waals surface area contributed by atoms with Crippen LogP contribution in [0.25, 0.3) is 0 Å². The molecule has 1 rings (SSSR count). The molecule has 1 fully saturated rings. The lowest BCUT2D eigenvalue weighted by molar-refractivity contribution is 0.0728. The standard InChI is InChI=1S/C12H22OS/c1-3-11(2)7-6-10-14-12-8-4-5-9-13-12/h3,11-12H,1,4-10H2,2H3. The van der Waals surface area contributed by atoms with E-state index >= 15 is 0 Å². The first kappa shape index (κ1) is 12.1. The third-order valence-corrected chi connectivity index (χ3v) is 3.92. The molecule has 2 heteroatoms. The van der Waals surface area contributed by atoms with Crippen LogP contribution in [0.1, 0.15) is 39.0 Å². The molecule has 14 heavy (non-hydrogen) atoms. The van der Waals surface area contributed by atoms with Crippen molar-refractivity contribution in [1.82, 2.24) is 0 Å². The highest BCUT2D eigenvalue weighted by Gasteiger charge is 2.13. The summed E-state index contributed by atoms with van der Waals surface area (Å²) in [6, 6.07) is 0. The quantitative estimate of drug-likeness (QED) is 0.490. The SMILES string of the molecule is C=CC(C)CCCSC1CCCCO1. The molecule has 0 N–H and O–H groups in total. The van der Waals surface area contributed by atoms with E-state index < -0.39 is 0 Å². The molecule has 0 radical (unpaired) electrons. The topological polar surface area (TPSA) is 9.23 Å². The van der Waals surface area contributed by atoms with Gasteiger partial charge in [-0.2, -0.15) is 0 Å². The molecule has 0 amide bonds. The van der Waals surface area contributed by atoms with Gasteiger partial charge in [0.15, 0.2) is 0 Å². The number of thioether (sulfide) groups is 1. The summed E-state index contributed by atoms with van der Waals surface area (Å²) in [6.45, 7) is 7.00. The Morgan fingerprint density at radius 1 is 1.57 bits per heavy atom. The monoisotopic (exact) mass is 214 g/mol. The predicted molar refractivity (Wildman–Crippen MR) is 64.6 cm³/mol. The van der Waals surface area contributed by atoms with Gasteiger partial charge in [-0.25, -0.2) is 0 Å². The lowest BCUT2D eigenvalue weighted by atomic mass is 10.1. The van der Waals surface area contributed by atoms with Crippen LogP contribution in [-0.2, 0) is 4.74 Å². The highest BCUT2D eigenvalue weighted by molar-refractivity contribution is 7.99. The van der Waals surface area contributed by atoms with E-state index in [4.69, 9.17) is 4.74 Å². The summed E-state index contributed by atoms with van der Waals surface area (Å²) < 4.78 is 5.65. The van der Waals surface area contributed by atoms with E-state index in [-0.39, 0.29) is 0 Å². The molecule has 0 aromatic heterocycles. The fourth-order valence-electron chi connectivity index (χ4n) is 1.58. The summed E-state index contributed by atoms with van der Waals surface area (Å²) in [5.41, 5.74) is 0.489. The first-order valence-electron chi connectivity index (χ1n) is 5.68.